The van der Waals surface area contributed by atoms with Crippen molar-refractivity contribution < 1.29 is 26.8 Å². The molecule has 0 unspecified atom stereocenters. The normalized spacial score (nSPS) is 14.1. The molecule has 4 rings (SSSR count). The summed E-state index contributed by atoms with van der Waals surface area (Å²) in [5, 5.41) is 0.570. The van der Waals surface area contributed by atoms with E-state index in [0.29, 0.717) is 41.1 Å². The van der Waals surface area contributed by atoms with Gasteiger partial charge in [0.1, 0.15) is 22.7 Å². The SMILES string of the molecule is CCOC(=O)c1c(-c2ccc(F)cc2)oc2cc(N(CCC(C)C)S(C)(=O)=O)c(C3CC3)cc12. The van der Waals surface area contributed by atoms with Gasteiger partial charge in [-0.2, -0.15) is 0 Å². The average Bonchev–Trinajstić information content (AvgIpc) is 3.53. The maximum Gasteiger partial charge on any atom is 0.342 e. The van der Waals surface area contributed by atoms with Gasteiger partial charge >= 0.3 is 5.97 Å². The molecule has 0 bridgehead atoms. The molecule has 182 valence electrons. The largest absolute Gasteiger partial charge is 0.462 e. The molecule has 0 radical (unpaired) electrons. The number of sulfonamides is 1. The van der Waals surface area contributed by atoms with Gasteiger partial charge in [0.05, 0.1) is 18.6 Å². The first-order valence-electron chi connectivity index (χ1n) is 11.6. The van der Waals surface area contributed by atoms with Crippen LogP contribution in [0.3, 0.4) is 0 Å². The first kappa shape index (κ1) is 24.3. The highest BCUT2D eigenvalue weighted by atomic mass is 32.2. The predicted octanol–water partition coefficient (Wildman–Crippen LogP) is 6.11. The van der Waals surface area contributed by atoms with E-state index < -0.39 is 21.8 Å². The molecule has 8 heteroatoms. The van der Waals surface area contributed by atoms with Crippen LogP contribution in [0.15, 0.2) is 40.8 Å². The van der Waals surface area contributed by atoms with Gasteiger partial charge < -0.3 is 9.15 Å². The lowest BCUT2D eigenvalue weighted by molar-refractivity contribution is 0.0528. The van der Waals surface area contributed by atoms with Crippen LogP contribution in [0.1, 0.15) is 61.9 Å². The minimum Gasteiger partial charge on any atom is -0.462 e. The van der Waals surface area contributed by atoms with Gasteiger partial charge in [-0.1, -0.05) is 13.8 Å². The van der Waals surface area contributed by atoms with Crippen LogP contribution in [0.5, 0.6) is 0 Å². The molecule has 1 aromatic heterocycles. The van der Waals surface area contributed by atoms with Crippen LogP contribution in [0, 0.1) is 11.7 Å². The first-order valence-corrected chi connectivity index (χ1v) is 13.5. The molecule has 0 saturated heterocycles. The Bertz CT molecular complexity index is 1310. The van der Waals surface area contributed by atoms with Crippen molar-refractivity contribution >= 4 is 32.6 Å². The summed E-state index contributed by atoms with van der Waals surface area (Å²) in [4.78, 5) is 13.0. The third-order valence-corrected chi connectivity index (χ3v) is 7.20. The second kappa shape index (κ2) is 9.41. The number of esters is 1. The van der Waals surface area contributed by atoms with Gasteiger partial charge in [-0.25, -0.2) is 17.6 Å². The second-order valence-electron chi connectivity index (χ2n) is 9.23. The number of halogens is 1. The maximum atomic E-state index is 13.5. The summed E-state index contributed by atoms with van der Waals surface area (Å²) in [5.74, 6) is -0.0940. The number of hydrogen-bond acceptors (Lipinski definition) is 5. The molecule has 0 N–H and O–H groups in total. The molecule has 0 spiro atoms. The third-order valence-electron chi connectivity index (χ3n) is 6.02. The Labute approximate surface area is 199 Å². The highest BCUT2D eigenvalue weighted by Crippen LogP contribution is 2.48. The van der Waals surface area contributed by atoms with Crippen molar-refractivity contribution in [3.8, 4) is 11.3 Å². The fraction of sp³-hybridized carbons (Fsp3) is 0.423. The number of hydrogen-bond donors (Lipinski definition) is 0. The Morgan fingerprint density at radius 3 is 2.44 bits per heavy atom. The standard InChI is InChI=1S/C26H30FNO5S/c1-5-32-26(29)24-21-14-20(17-6-7-17)22(28(34(4,30)31)13-12-16(2)3)15-23(21)33-25(24)18-8-10-19(27)11-9-18/h8-11,14-17H,5-7,12-13H2,1-4H3. The molecule has 1 fully saturated rings. The van der Waals surface area contributed by atoms with E-state index in [0.717, 1.165) is 18.4 Å². The summed E-state index contributed by atoms with van der Waals surface area (Å²) >= 11 is 0. The van der Waals surface area contributed by atoms with Crippen LogP contribution < -0.4 is 4.31 Å². The van der Waals surface area contributed by atoms with Crippen LogP contribution >= 0.6 is 0 Å². The fourth-order valence-electron chi connectivity index (χ4n) is 4.14. The molecule has 1 saturated carbocycles. The van der Waals surface area contributed by atoms with E-state index >= 15 is 0 Å². The number of benzene rings is 2. The van der Waals surface area contributed by atoms with Crippen molar-refractivity contribution in [1.82, 2.24) is 0 Å². The monoisotopic (exact) mass is 487 g/mol. The number of carbonyl (C=O) groups is 1. The van der Waals surface area contributed by atoms with E-state index in [4.69, 9.17) is 9.15 Å². The van der Waals surface area contributed by atoms with E-state index in [1.54, 1.807) is 25.1 Å². The molecule has 1 aliphatic carbocycles. The Hall–Kier alpha value is -2.87. The van der Waals surface area contributed by atoms with Crippen molar-refractivity contribution in [2.75, 3.05) is 23.7 Å². The van der Waals surface area contributed by atoms with E-state index in [1.165, 1.54) is 22.7 Å². The van der Waals surface area contributed by atoms with Crippen molar-refractivity contribution in [3.63, 3.8) is 0 Å². The molecule has 0 aliphatic heterocycles. The lowest BCUT2D eigenvalue weighted by atomic mass is 10.0. The Morgan fingerprint density at radius 2 is 1.88 bits per heavy atom. The molecule has 6 nitrogen and oxygen atoms in total. The Kier molecular flexibility index (Phi) is 6.71. The molecule has 0 atom stereocenters. The van der Waals surface area contributed by atoms with E-state index in [-0.39, 0.29) is 23.8 Å². The van der Waals surface area contributed by atoms with Crippen LogP contribution in [-0.4, -0.2) is 33.8 Å². The highest BCUT2D eigenvalue weighted by molar-refractivity contribution is 7.92. The van der Waals surface area contributed by atoms with E-state index in [1.807, 2.05) is 6.07 Å². The summed E-state index contributed by atoms with van der Waals surface area (Å²) in [6.45, 7) is 6.39. The minimum absolute atomic E-state index is 0.193. The summed E-state index contributed by atoms with van der Waals surface area (Å²) in [6.07, 6.45) is 3.84. The van der Waals surface area contributed by atoms with Crippen molar-refractivity contribution in [2.24, 2.45) is 5.92 Å². The van der Waals surface area contributed by atoms with Crippen molar-refractivity contribution in [3.05, 3.63) is 53.3 Å². The molecular formula is C26H30FNO5S. The zero-order chi connectivity index (χ0) is 24.6. The van der Waals surface area contributed by atoms with Gasteiger partial charge in [-0.15, -0.1) is 0 Å². The summed E-state index contributed by atoms with van der Waals surface area (Å²) in [5.41, 5.74) is 2.67. The van der Waals surface area contributed by atoms with Gasteiger partial charge in [0.15, 0.2) is 0 Å². The number of fused-ring (bicyclic) bond motifs is 1. The Balaban J connectivity index is 1.95. The van der Waals surface area contributed by atoms with Crippen molar-refractivity contribution in [2.45, 2.75) is 46.0 Å². The topological polar surface area (TPSA) is 76.8 Å². The van der Waals surface area contributed by atoms with Crippen molar-refractivity contribution in [1.29, 1.82) is 0 Å². The fourth-order valence-corrected chi connectivity index (χ4v) is 5.09. The number of ether oxygens (including phenoxy) is 1. The zero-order valence-corrected chi connectivity index (χ0v) is 20.7. The zero-order valence-electron chi connectivity index (χ0n) is 19.9. The van der Waals surface area contributed by atoms with Crippen LogP contribution in [0.25, 0.3) is 22.3 Å². The lowest BCUT2D eigenvalue weighted by Gasteiger charge is -2.26. The molecule has 1 aliphatic rings. The van der Waals surface area contributed by atoms with Gasteiger partial charge in [0, 0.05) is 23.6 Å². The smallest absolute Gasteiger partial charge is 0.342 e. The predicted molar refractivity (Wildman–Crippen MR) is 131 cm³/mol. The summed E-state index contributed by atoms with van der Waals surface area (Å²) in [6, 6.07) is 9.29. The summed E-state index contributed by atoms with van der Waals surface area (Å²) in [7, 11) is -3.54. The molecular weight excluding hydrogens is 457 g/mol. The van der Waals surface area contributed by atoms with Gasteiger partial charge in [0.25, 0.3) is 0 Å². The quantitative estimate of drug-likeness (QED) is 0.341. The highest BCUT2D eigenvalue weighted by Gasteiger charge is 2.33. The molecule has 34 heavy (non-hydrogen) atoms. The van der Waals surface area contributed by atoms with Gasteiger partial charge in [0.2, 0.25) is 10.0 Å². The molecule has 0 amide bonds. The number of anilines is 1. The van der Waals surface area contributed by atoms with E-state index in [2.05, 4.69) is 13.8 Å². The maximum absolute atomic E-state index is 13.5. The third kappa shape index (κ3) is 4.97. The van der Waals surface area contributed by atoms with Crippen LogP contribution in [0.4, 0.5) is 10.1 Å². The number of carbonyl (C=O) groups excluding carboxylic acids is 1. The molecule has 3 aromatic rings. The number of furan rings is 1. The number of nitrogens with zero attached hydrogens (tertiary/aromatic N) is 1. The lowest BCUT2D eigenvalue weighted by Crippen LogP contribution is -2.32. The second-order valence-corrected chi connectivity index (χ2v) is 11.1. The number of rotatable bonds is 9. The average molecular weight is 488 g/mol. The first-order chi connectivity index (χ1) is 16.1. The molecule has 2 aromatic carbocycles. The van der Waals surface area contributed by atoms with Crippen LogP contribution in [-0.2, 0) is 14.8 Å². The molecule has 1 heterocycles. The van der Waals surface area contributed by atoms with Gasteiger partial charge in [-0.05, 0) is 73.9 Å². The summed E-state index contributed by atoms with van der Waals surface area (Å²) < 4.78 is 52.0. The van der Waals surface area contributed by atoms with E-state index in [9.17, 15) is 17.6 Å². The van der Waals surface area contributed by atoms with Gasteiger partial charge in [-0.3, -0.25) is 4.31 Å². The minimum atomic E-state index is -3.54. The van der Waals surface area contributed by atoms with Crippen LogP contribution in [0.2, 0.25) is 0 Å². The Morgan fingerprint density at radius 1 is 1.21 bits per heavy atom.